The topological polar surface area (TPSA) is 116 Å². The van der Waals surface area contributed by atoms with Gasteiger partial charge < -0.3 is 20.2 Å². The summed E-state index contributed by atoms with van der Waals surface area (Å²) in [4.78, 5) is 25.1. The summed E-state index contributed by atoms with van der Waals surface area (Å²) in [6.07, 6.45) is 5.38. The Morgan fingerprint density at radius 1 is 1.38 bits per heavy atom. The third-order valence-corrected chi connectivity index (χ3v) is 5.01. The maximum absolute atomic E-state index is 12.3. The molecule has 26 heavy (non-hydrogen) atoms. The van der Waals surface area contributed by atoms with Crippen LogP contribution in [-0.2, 0) is 5.54 Å². The SMILES string of the molecule is COc1nc(C(=O)Nc2cncc([C@]3(C)CC(C)(C)SC(N)=N3)c2)co1. The maximum atomic E-state index is 12.3. The number of thioether (sulfide) groups is 1. The van der Waals surface area contributed by atoms with Gasteiger partial charge in [0.25, 0.3) is 5.91 Å². The van der Waals surface area contributed by atoms with Crippen molar-refractivity contribution in [3.8, 4) is 6.08 Å². The van der Waals surface area contributed by atoms with Crippen LogP contribution in [0.3, 0.4) is 0 Å². The number of oxazole rings is 1. The summed E-state index contributed by atoms with van der Waals surface area (Å²) in [7, 11) is 1.41. The van der Waals surface area contributed by atoms with Crippen molar-refractivity contribution in [3.63, 3.8) is 0 Å². The van der Waals surface area contributed by atoms with Crippen molar-refractivity contribution in [2.75, 3.05) is 12.4 Å². The molecule has 9 heteroatoms. The van der Waals surface area contributed by atoms with E-state index >= 15 is 0 Å². The van der Waals surface area contributed by atoms with E-state index in [2.05, 4.69) is 34.1 Å². The number of hydrogen-bond donors (Lipinski definition) is 2. The van der Waals surface area contributed by atoms with Crippen LogP contribution in [0.1, 0.15) is 43.2 Å². The minimum atomic E-state index is -0.510. The number of amides is 1. The van der Waals surface area contributed by atoms with Crippen molar-refractivity contribution >= 4 is 28.5 Å². The molecule has 2 aromatic rings. The number of carbonyl (C=O) groups excluding carboxylic acids is 1. The van der Waals surface area contributed by atoms with Gasteiger partial charge in [-0.15, -0.1) is 0 Å². The molecule has 1 aliphatic rings. The molecule has 3 heterocycles. The summed E-state index contributed by atoms with van der Waals surface area (Å²) in [5.74, 6) is -0.413. The number of nitrogens with one attached hydrogen (secondary N) is 1. The van der Waals surface area contributed by atoms with Gasteiger partial charge in [0.2, 0.25) is 0 Å². The third kappa shape index (κ3) is 3.82. The molecule has 0 saturated carbocycles. The fourth-order valence-corrected chi connectivity index (χ4v) is 4.24. The second-order valence-electron chi connectivity index (χ2n) is 6.88. The fraction of sp³-hybridized carbons (Fsp3) is 0.412. The lowest BCUT2D eigenvalue weighted by Gasteiger charge is -2.39. The number of aromatic nitrogens is 2. The minimum Gasteiger partial charge on any atom is -0.454 e. The van der Waals surface area contributed by atoms with Gasteiger partial charge in [-0.1, -0.05) is 25.6 Å². The van der Waals surface area contributed by atoms with Crippen molar-refractivity contribution in [2.45, 2.75) is 37.5 Å². The highest BCUT2D eigenvalue weighted by Crippen LogP contribution is 2.44. The first kappa shape index (κ1) is 18.2. The number of hydrogen-bond acceptors (Lipinski definition) is 8. The number of methoxy groups -OCH3 is 1. The summed E-state index contributed by atoms with van der Waals surface area (Å²) >= 11 is 1.56. The van der Waals surface area contributed by atoms with Crippen LogP contribution < -0.4 is 15.8 Å². The molecule has 3 N–H and O–H groups in total. The Morgan fingerprint density at radius 3 is 2.81 bits per heavy atom. The number of aliphatic imine (C=N–C) groups is 1. The average molecular weight is 375 g/mol. The van der Waals surface area contributed by atoms with E-state index in [0.29, 0.717) is 10.9 Å². The highest BCUT2D eigenvalue weighted by molar-refractivity contribution is 8.15. The summed E-state index contributed by atoms with van der Waals surface area (Å²) in [5, 5.41) is 3.31. The average Bonchev–Trinajstić information content (AvgIpc) is 3.02. The molecule has 0 aliphatic carbocycles. The van der Waals surface area contributed by atoms with Gasteiger partial charge in [-0.25, -0.2) is 0 Å². The Balaban J connectivity index is 1.84. The van der Waals surface area contributed by atoms with Gasteiger partial charge in [0.05, 0.1) is 24.5 Å². The number of rotatable bonds is 4. The Bertz CT molecular complexity index is 864. The summed E-state index contributed by atoms with van der Waals surface area (Å²) < 4.78 is 9.79. The smallest absolute Gasteiger partial charge is 0.393 e. The predicted octanol–water partition coefficient (Wildman–Crippen LogP) is 2.78. The monoisotopic (exact) mass is 375 g/mol. The first-order valence-electron chi connectivity index (χ1n) is 8.01. The molecule has 1 atom stereocenters. The van der Waals surface area contributed by atoms with Crippen LogP contribution in [-0.4, -0.2) is 32.9 Å². The van der Waals surface area contributed by atoms with Crippen LogP contribution in [0, 0.1) is 0 Å². The maximum Gasteiger partial charge on any atom is 0.393 e. The van der Waals surface area contributed by atoms with Gasteiger partial charge in [-0.3, -0.25) is 14.8 Å². The molecule has 0 unspecified atom stereocenters. The van der Waals surface area contributed by atoms with Crippen LogP contribution in [0.2, 0.25) is 0 Å². The molecule has 0 radical (unpaired) electrons. The molecule has 1 aliphatic heterocycles. The third-order valence-electron chi connectivity index (χ3n) is 4.02. The van der Waals surface area contributed by atoms with Gasteiger partial charge in [0.15, 0.2) is 10.9 Å². The van der Waals surface area contributed by atoms with Crippen LogP contribution in [0.4, 0.5) is 5.69 Å². The minimum absolute atomic E-state index is 0.0290. The Kier molecular flexibility index (Phi) is 4.66. The number of nitrogens with two attached hydrogens (primary N) is 1. The highest BCUT2D eigenvalue weighted by atomic mass is 32.2. The number of carbonyl (C=O) groups is 1. The number of ether oxygens (including phenoxy) is 1. The molecule has 1 amide bonds. The lowest BCUT2D eigenvalue weighted by atomic mass is 9.84. The van der Waals surface area contributed by atoms with E-state index in [9.17, 15) is 4.79 Å². The lowest BCUT2D eigenvalue weighted by molar-refractivity contribution is 0.102. The normalized spacial score (nSPS) is 21.8. The summed E-state index contributed by atoms with van der Waals surface area (Å²) in [6.45, 7) is 6.29. The van der Waals surface area contributed by atoms with E-state index in [4.69, 9.17) is 14.9 Å². The molecule has 0 saturated heterocycles. The van der Waals surface area contributed by atoms with Crippen molar-refractivity contribution < 1.29 is 13.9 Å². The molecule has 2 aromatic heterocycles. The second kappa shape index (κ2) is 6.64. The van der Waals surface area contributed by atoms with Crippen molar-refractivity contribution in [2.24, 2.45) is 10.7 Å². The molecule has 3 rings (SSSR count). The van der Waals surface area contributed by atoms with Gasteiger partial charge >= 0.3 is 6.08 Å². The van der Waals surface area contributed by atoms with E-state index in [-0.39, 0.29) is 16.5 Å². The van der Waals surface area contributed by atoms with Gasteiger partial charge in [-0.05, 0) is 25.0 Å². The molecule has 0 fully saturated rings. The Labute approximate surface area is 155 Å². The zero-order valence-corrected chi connectivity index (χ0v) is 15.9. The first-order valence-corrected chi connectivity index (χ1v) is 8.83. The molecule has 0 aromatic carbocycles. The van der Waals surface area contributed by atoms with Crippen LogP contribution >= 0.6 is 11.8 Å². The summed E-state index contributed by atoms with van der Waals surface area (Å²) in [6, 6.07) is 1.85. The zero-order chi connectivity index (χ0) is 18.9. The van der Waals surface area contributed by atoms with E-state index in [1.807, 2.05) is 13.0 Å². The van der Waals surface area contributed by atoms with Crippen LogP contribution in [0.25, 0.3) is 0 Å². The Hall–Kier alpha value is -2.55. The predicted molar refractivity (Wildman–Crippen MR) is 101 cm³/mol. The van der Waals surface area contributed by atoms with Crippen LogP contribution in [0.15, 0.2) is 34.1 Å². The van der Waals surface area contributed by atoms with Gasteiger partial charge in [0, 0.05) is 10.9 Å². The Morgan fingerprint density at radius 2 is 2.15 bits per heavy atom. The number of pyridine rings is 1. The van der Waals surface area contributed by atoms with E-state index < -0.39 is 11.4 Å². The van der Waals surface area contributed by atoms with Crippen molar-refractivity contribution in [1.29, 1.82) is 0 Å². The lowest BCUT2D eigenvalue weighted by Crippen LogP contribution is -2.38. The molecular formula is C17H21N5O3S. The standard InChI is InChI=1S/C17H21N5O3S/c1-16(2)9-17(3,22-14(18)26-16)10-5-11(7-19-6-10)20-13(23)12-8-25-15(21-12)24-4/h5-8H,9H2,1-4H3,(H2,18,22)(H,20,23)/t17-/m0/s1. The largest absolute Gasteiger partial charge is 0.454 e. The highest BCUT2D eigenvalue weighted by Gasteiger charge is 2.39. The first-order chi connectivity index (χ1) is 12.2. The second-order valence-corrected chi connectivity index (χ2v) is 8.61. The molecular weight excluding hydrogens is 354 g/mol. The number of amidine groups is 1. The van der Waals surface area contributed by atoms with Crippen molar-refractivity contribution in [3.05, 3.63) is 36.0 Å². The molecule has 0 spiro atoms. The fourth-order valence-electron chi connectivity index (χ4n) is 3.07. The molecule has 8 nitrogen and oxygen atoms in total. The quantitative estimate of drug-likeness (QED) is 0.844. The van der Waals surface area contributed by atoms with Crippen molar-refractivity contribution in [1.82, 2.24) is 9.97 Å². The molecule has 0 bridgehead atoms. The molecule has 138 valence electrons. The number of anilines is 1. The summed E-state index contributed by atoms with van der Waals surface area (Å²) in [5.41, 5.74) is 7.06. The van der Waals surface area contributed by atoms with Crippen LogP contribution in [0.5, 0.6) is 6.08 Å². The number of nitrogens with zero attached hydrogens (tertiary/aromatic N) is 3. The van der Waals surface area contributed by atoms with E-state index in [1.165, 1.54) is 13.4 Å². The zero-order valence-electron chi connectivity index (χ0n) is 15.1. The van der Waals surface area contributed by atoms with Gasteiger partial charge in [-0.2, -0.15) is 4.98 Å². The van der Waals surface area contributed by atoms with Gasteiger partial charge in [0.1, 0.15) is 6.26 Å². The van der Waals surface area contributed by atoms with E-state index in [0.717, 1.165) is 12.0 Å². The van der Waals surface area contributed by atoms with E-state index in [1.54, 1.807) is 24.2 Å².